The Bertz CT molecular complexity index is 767. The van der Waals surface area contributed by atoms with Crippen molar-refractivity contribution in [3.05, 3.63) is 81.9 Å². The van der Waals surface area contributed by atoms with Gasteiger partial charge in [-0.15, -0.1) is 0 Å². The molecule has 0 aliphatic carbocycles. The van der Waals surface area contributed by atoms with Crippen molar-refractivity contribution in [3.8, 4) is 5.69 Å². The lowest BCUT2D eigenvalue weighted by Crippen LogP contribution is -2.23. The number of hydrogen-bond acceptors (Lipinski definition) is 2. The van der Waals surface area contributed by atoms with Gasteiger partial charge in [0.25, 0.3) is 5.91 Å². The average Bonchev–Trinajstić information content (AvgIpc) is 3.08. The lowest BCUT2D eigenvalue weighted by molar-refractivity contribution is 0.0950. The van der Waals surface area contributed by atoms with Gasteiger partial charge in [-0.3, -0.25) is 4.79 Å². The largest absolute Gasteiger partial charge is 0.348 e. The van der Waals surface area contributed by atoms with Crippen LogP contribution in [0.15, 0.2) is 67.3 Å². The van der Waals surface area contributed by atoms with Crippen LogP contribution in [0.4, 0.5) is 0 Å². The topological polar surface area (TPSA) is 46.9 Å². The molecule has 0 aliphatic rings. The minimum Gasteiger partial charge on any atom is -0.348 e. The molecular formula is C17H14IN3O. The van der Waals surface area contributed by atoms with Crippen LogP contribution in [0.25, 0.3) is 5.69 Å². The molecule has 3 rings (SSSR count). The fraction of sp³-hybridized carbons (Fsp3) is 0.0588. The highest BCUT2D eigenvalue weighted by Gasteiger charge is 2.08. The molecule has 1 amide bonds. The highest BCUT2D eigenvalue weighted by atomic mass is 127. The van der Waals surface area contributed by atoms with E-state index < -0.39 is 0 Å². The summed E-state index contributed by atoms with van der Waals surface area (Å²) < 4.78 is 2.89. The van der Waals surface area contributed by atoms with E-state index in [1.807, 2.05) is 59.3 Å². The molecule has 0 aliphatic heterocycles. The van der Waals surface area contributed by atoms with E-state index in [1.54, 1.807) is 12.5 Å². The van der Waals surface area contributed by atoms with Crippen molar-refractivity contribution in [2.75, 3.05) is 0 Å². The van der Waals surface area contributed by atoms with Gasteiger partial charge < -0.3 is 9.88 Å². The molecule has 0 radical (unpaired) electrons. The molecule has 22 heavy (non-hydrogen) atoms. The molecule has 0 saturated heterocycles. The number of carbonyl (C=O) groups is 1. The SMILES string of the molecule is O=C(NCc1ccc(-n2ccnc2)cc1)c1ccccc1I. The second-order valence-corrected chi connectivity index (χ2v) is 5.96. The van der Waals surface area contributed by atoms with E-state index in [9.17, 15) is 4.79 Å². The van der Waals surface area contributed by atoms with Gasteiger partial charge in [0.2, 0.25) is 0 Å². The predicted molar refractivity (Wildman–Crippen MR) is 93.9 cm³/mol. The standard InChI is InChI=1S/C17H14IN3O/c18-16-4-2-1-3-15(16)17(22)20-11-13-5-7-14(8-6-13)21-10-9-19-12-21/h1-10,12H,11H2,(H,20,22). The first-order chi connectivity index (χ1) is 10.7. The number of carbonyl (C=O) groups excluding carboxylic acids is 1. The van der Waals surface area contributed by atoms with Crippen LogP contribution in [0, 0.1) is 3.57 Å². The number of nitrogens with zero attached hydrogens (tertiary/aromatic N) is 2. The monoisotopic (exact) mass is 403 g/mol. The Hall–Kier alpha value is -2.15. The summed E-state index contributed by atoms with van der Waals surface area (Å²) in [5.41, 5.74) is 2.81. The summed E-state index contributed by atoms with van der Waals surface area (Å²) in [6.07, 6.45) is 5.40. The number of benzene rings is 2. The molecule has 110 valence electrons. The summed E-state index contributed by atoms with van der Waals surface area (Å²) in [5, 5.41) is 2.95. The summed E-state index contributed by atoms with van der Waals surface area (Å²) >= 11 is 2.17. The molecule has 1 heterocycles. The minimum atomic E-state index is -0.0521. The van der Waals surface area contributed by atoms with Crippen LogP contribution < -0.4 is 5.32 Å². The zero-order valence-electron chi connectivity index (χ0n) is 11.7. The lowest BCUT2D eigenvalue weighted by Gasteiger charge is -2.08. The van der Waals surface area contributed by atoms with Crippen molar-refractivity contribution in [1.29, 1.82) is 0 Å². The highest BCUT2D eigenvalue weighted by Crippen LogP contribution is 2.12. The maximum Gasteiger partial charge on any atom is 0.252 e. The molecule has 5 heteroatoms. The van der Waals surface area contributed by atoms with E-state index in [0.29, 0.717) is 12.1 Å². The summed E-state index contributed by atoms with van der Waals surface area (Å²) in [4.78, 5) is 16.2. The van der Waals surface area contributed by atoms with Crippen molar-refractivity contribution in [2.45, 2.75) is 6.54 Å². The first-order valence-corrected chi connectivity index (χ1v) is 7.92. The van der Waals surface area contributed by atoms with Crippen molar-refractivity contribution < 1.29 is 4.79 Å². The van der Waals surface area contributed by atoms with Crippen molar-refractivity contribution in [1.82, 2.24) is 14.9 Å². The van der Waals surface area contributed by atoms with Crippen molar-refractivity contribution in [2.24, 2.45) is 0 Å². The summed E-state index contributed by atoms with van der Waals surface area (Å²) in [5.74, 6) is -0.0521. The molecule has 3 aromatic rings. The van der Waals surface area contributed by atoms with Gasteiger partial charge in [-0.25, -0.2) is 4.98 Å². The van der Waals surface area contributed by atoms with Crippen LogP contribution in [0.5, 0.6) is 0 Å². The fourth-order valence-corrected chi connectivity index (χ4v) is 2.75. The molecule has 4 nitrogen and oxygen atoms in total. The number of hydrogen-bond donors (Lipinski definition) is 1. The van der Waals surface area contributed by atoms with Crippen molar-refractivity contribution >= 4 is 28.5 Å². The van der Waals surface area contributed by atoms with Gasteiger partial charge in [-0.2, -0.15) is 0 Å². The summed E-state index contributed by atoms with van der Waals surface area (Å²) in [7, 11) is 0. The fourth-order valence-electron chi connectivity index (χ4n) is 2.12. The van der Waals surface area contributed by atoms with Crippen LogP contribution in [-0.2, 0) is 6.54 Å². The van der Waals surface area contributed by atoms with Gasteiger partial charge >= 0.3 is 0 Å². The van der Waals surface area contributed by atoms with Crippen molar-refractivity contribution in [3.63, 3.8) is 0 Å². The summed E-state index contributed by atoms with van der Waals surface area (Å²) in [6.45, 7) is 0.508. The third-order valence-corrected chi connectivity index (χ3v) is 4.25. The zero-order chi connectivity index (χ0) is 15.4. The van der Waals surface area contributed by atoms with Gasteiger partial charge in [0.15, 0.2) is 0 Å². The van der Waals surface area contributed by atoms with E-state index in [0.717, 1.165) is 14.8 Å². The molecule has 0 unspecified atom stereocenters. The van der Waals surface area contributed by atoms with Crippen LogP contribution in [0.2, 0.25) is 0 Å². The van der Waals surface area contributed by atoms with Gasteiger partial charge in [0.1, 0.15) is 0 Å². The van der Waals surface area contributed by atoms with Gasteiger partial charge in [0.05, 0.1) is 11.9 Å². The Morgan fingerprint density at radius 2 is 1.91 bits per heavy atom. The van der Waals surface area contributed by atoms with E-state index in [4.69, 9.17) is 0 Å². The smallest absolute Gasteiger partial charge is 0.252 e. The Kier molecular flexibility index (Phi) is 4.53. The molecule has 0 bridgehead atoms. The van der Waals surface area contributed by atoms with Crippen LogP contribution in [0.3, 0.4) is 0 Å². The Balaban J connectivity index is 1.64. The highest BCUT2D eigenvalue weighted by molar-refractivity contribution is 14.1. The summed E-state index contributed by atoms with van der Waals surface area (Å²) in [6, 6.07) is 15.6. The normalized spacial score (nSPS) is 10.4. The van der Waals surface area contributed by atoms with Gasteiger partial charge in [-0.05, 0) is 52.4 Å². The average molecular weight is 403 g/mol. The Morgan fingerprint density at radius 3 is 2.59 bits per heavy atom. The number of imidazole rings is 1. The molecule has 0 atom stereocenters. The Morgan fingerprint density at radius 1 is 1.14 bits per heavy atom. The zero-order valence-corrected chi connectivity index (χ0v) is 13.9. The maximum atomic E-state index is 12.2. The number of amides is 1. The maximum absolute atomic E-state index is 12.2. The number of halogens is 1. The second-order valence-electron chi connectivity index (χ2n) is 4.80. The van der Waals surface area contributed by atoms with E-state index >= 15 is 0 Å². The van der Waals surface area contributed by atoms with Gasteiger partial charge in [-0.1, -0.05) is 24.3 Å². The first-order valence-electron chi connectivity index (χ1n) is 6.84. The minimum absolute atomic E-state index is 0.0521. The Labute approximate surface area is 142 Å². The molecular weight excluding hydrogens is 389 g/mol. The quantitative estimate of drug-likeness (QED) is 0.679. The molecule has 1 aromatic heterocycles. The number of aromatic nitrogens is 2. The number of rotatable bonds is 4. The second kappa shape index (κ2) is 6.74. The third kappa shape index (κ3) is 3.36. The van der Waals surface area contributed by atoms with Gasteiger partial charge in [0, 0.05) is 28.2 Å². The van der Waals surface area contributed by atoms with E-state index in [-0.39, 0.29) is 5.91 Å². The lowest BCUT2D eigenvalue weighted by atomic mass is 10.2. The molecule has 0 saturated carbocycles. The molecule has 2 aromatic carbocycles. The molecule has 0 spiro atoms. The third-order valence-electron chi connectivity index (χ3n) is 3.31. The van der Waals surface area contributed by atoms with Crippen LogP contribution >= 0.6 is 22.6 Å². The number of nitrogens with one attached hydrogen (secondary N) is 1. The van der Waals surface area contributed by atoms with E-state index in [2.05, 4.69) is 32.9 Å². The van der Waals surface area contributed by atoms with E-state index in [1.165, 1.54) is 0 Å². The van der Waals surface area contributed by atoms with Crippen LogP contribution in [-0.4, -0.2) is 15.5 Å². The molecule has 0 fully saturated rings. The van der Waals surface area contributed by atoms with Crippen LogP contribution in [0.1, 0.15) is 15.9 Å². The first kappa shape index (κ1) is 14.8. The predicted octanol–water partition coefficient (Wildman–Crippen LogP) is 3.41. The molecule has 1 N–H and O–H groups in total.